The first-order valence-electron chi connectivity index (χ1n) is 6.86. The van der Waals surface area contributed by atoms with Gasteiger partial charge in [-0.1, -0.05) is 12.1 Å². The smallest absolute Gasteiger partial charge is 0.226 e. The van der Waals surface area contributed by atoms with E-state index in [1.807, 2.05) is 41.2 Å². The lowest BCUT2D eigenvalue weighted by molar-refractivity contribution is -0.121. The van der Waals surface area contributed by atoms with Crippen molar-refractivity contribution in [3.63, 3.8) is 0 Å². The minimum absolute atomic E-state index is 0.0670. The van der Waals surface area contributed by atoms with Crippen molar-refractivity contribution in [2.24, 2.45) is 0 Å². The lowest BCUT2D eigenvalue weighted by atomic mass is 10.1. The molecule has 6 heteroatoms. The minimum atomic E-state index is -0.107. The van der Waals surface area contributed by atoms with E-state index in [2.05, 4.69) is 16.4 Å². The molecule has 3 rings (SSSR count). The maximum Gasteiger partial charge on any atom is 0.226 e. The fraction of sp³-hybridized carbons (Fsp3) is 0.188. The largest absolute Gasteiger partial charge is 0.349 e. The van der Waals surface area contributed by atoms with Crippen LogP contribution in [0.2, 0.25) is 0 Å². The van der Waals surface area contributed by atoms with Gasteiger partial charge >= 0.3 is 0 Å². The van der Waals surface area contributed by atoms with Gasteiger partial charge in [0, 0.05) is 17.8 Å². The standard InChI is InChI=1S/C16H14N4OS/c1-11(13-4-2-12(9-17)3-5-13)18-15(21)8-14-10-20-6-7-22-16(20)19-14/h2-7,10-11H,8H2,1H3,(H,18,21). The molecule has 22 heavy (non-hydrogen) atoms. The third-order valence-corrected chi connectivity index (χ3v) is 4.17. The molecule has 5 nitrogen and oxygen atoms in total. The van der Waals surface area contributed by atoms with E-state index in [1.165, 1.54) is 0 Å². The van der Waals surface area contributed by atoms with Crippen LogP contribution in [-0.4, -0.2) is 15.3 Å². The Morgan fingerprint density at radius 1 is 1.45 bits per heavy atom. The van der Waals surface area contributed by atoms with Gasteiger partial charge in [-0.05, 0) is 24.6 Å². The number of hydrogen-bond donors (Lipinski definition) is 1. The van der Waals surface area contributed by atoms with Crippen LogP contribution in [0.3, 0.4) is 0 Å². The Hall–Kier alpha value is -2.65. The lowest BCUT2D eigenvalue weighted by Gasteiger charge is -2.13. The van der Waals surface area contributed by atoms with E-state index >= 15 is 0 Å². The number of amides is 1. The zero-order chi connectivity index (χ0) is 15.5. The van der Waals surface area contributed by atoms with Gasteiger partial charge in [-0.25, -0.2) is 4.98 Å². The number of carbonyl (C=O) groups excluding carboxylic acids is 1. The first kappa shape index (κ1) is 14.3. The average Bonchev–Trinajstić information content (AvgIpc) is 3.08. The van der Waals surface area contributed by atoms with Crippen LogP contribution >= 0.6 is 11.3 Å². The Balaban J connectivity index is 1.62. The van der Waals surface area contributed by atoms with Gasteiger partial charge in [0.2, 0.25) is 5.91 Å². The van der Waals surface area contributed by atoms with Crippen molar-refractivity contribution < 1.29 is 4.79 Å². The van der Waals surface area contributed by atoms with Crippen molar-refractivity contribution in [2.45, 2.75) is 19.4 Å². The summed E-state index contributed by atoms with van der Waals surface area (Å²) < 4.78 is 1.91. The van der Waals surface area contributed by atoms with E-state index in [0.29, 0.717) is 5.56 Å². The van der Waals surface area contributed by atoms with Crippen LogP contribution in [0.15, 0.2) is 42.0 Å². The summed E-state index contributed by atoms with van der Waals surface area (Å²) in [5.74, 6) is -0.0670. The number of carbonyl (C=O) groups is 1. The second-order valence-electron chi connectivity index (χ2n) is 5.02. The topological polar surface area (TPSA) is 70.2 Å². The van der Waals surface area contributed by atoms with Gasteiger partial charge in [-0.2, -0.15) is 5.26 Å². The highest BCUT2D eigenvalue weighted by Gasteiger charge is 2.12. The molecular formula is C16H14N4OS. The minimum Gasteiger partial charge on any atom is -0.349 e. The molecule has 1 atom stereocenters. The Bertz CT molecular complexity index is 813. The summed E-state index contributed by atoms with van der Waals surface area (Å²) in [6.45, 7) is 1.92. The molecule has 1 amide bonds. The van der Waals surface area contributed by atoms with Crippen molar-refractivity contribution in [2.75, 3.05) is 0 Å². The normalized spacial score (nSPS) is 12.0. The molecular weight excluding hydrogens is 296 g/mol. The molecule has 3 aromatic rings. The molecule has 0 spiro atoms. The fourth-order valence-corrected chi connectivity index (χ4v) is 2.97. The van der Waals surface area contributed by atoms with E-state index in [1.54, 1.807) is 23.5 Å². The van der Waals surface area contributed by atoms with Gasteiger partial charge < -0.3 is 5.32 Å². The van der Waals surface area contributed by atoms with Gasteiger partial charge in [0.15, 0.2) is 4.96 Å². The van der Waals surface area contributed by atoms with Crippen LogP contribution in [0.25, 0.3) is 4.96 Å². The number of nitrogens with zero attached hydrogens (tertiary/aromatic N) is 3. The SMILES string of the molecule is CC(NC(=O)Cc1cn2ccsc2n1)c1ccc(C#N)cc1. The highest BCUT2D eigenvalue weighted by molar-refractivity contribution is 7.15. The predicted molar refractivity (Wildman–Crippen MR) is 84.5 cm³/mol. The van der Waals surface area contributed by atoms with Gasteiger partial charge in [0.1, 0.15) is 0 Å². The van der Waals surface area contributed by atoms with Crippen molar-refractivity contribution in [3.05, 3.63) is 58.9 Å². The van der Waals surface area contributed by atoms with Crippen LogP contribution in [0.4, 0.5) is 0 Å². The summed E-state index contributed by atoms with van der Waals surface area (Å²) in [7, 11) is 0. The van der Waals surface area contributed by atoms with E-state index in [4.69, 9.17) is 5.26 Å². The molecule has 0 saturated heterocycles. The Labute approximate surface area is 131 Å². The molecule has 0 aliphatic rings. The summed E-state index contributed by atoms with van der Waals surface area (Å²) in [6.07, 6.45) is 4.06. The summed E-state index contributed by atoms with van der Waals surface area (Å²) in [5.41, 5.74) is 2.34. The van der Waals surface area contributed by atoms with Gasteiger partial charge in [-0.3, -0.25) is 9.20 Å². The van der Waals surface area contributed by atoms with Crippen molar-refractivity contribution in [1.82, 2.24) is 14.7 Å². The van der Waals surface area contributed by atoms with E-state index in [-0.39, 0.29) is 18.4 Å². The first-order valence-corrected chi connectivity index (χ1v) is 7.74. The molecule has 2 aromatic heterocycles. The predicted octanol–water partition coefficient (Wildman–Crippen LogP) is 2.69. The molecule has 2 heterocycles. The molecule has 1 N–H and O–H groups in total. The van der Waals surface area contributed by atoms with Crippen LogP contribution < -0.4 is 5.32 Å². The van der Waals surface area contributed by atoms with E-state index in [9.17, 15) is 4.79 Å². The number of fused-ring (bicyclic) bond motifs is 1. The van der Waals surface area contributed by atoms with Crippen molar-refractivity contribution in [3.8, 4) is 6.07 Å². The molecule has 0 saturated carbocycles. The fourth-order valence-electron chi connectivity index (χ4n) is 2.25. The molecule has 1 unspecified atom stereocenters. The number of nitrogens with one attached hydrogen (secondary N) is 1. The van der Waals surface area contributed by atoms with Gasteiger partial charge in [0.25, 0.3) is 0 Å². The summed E-state index contributed by atoms with van der Waals surface area (Å²) >= 11 is 1.54. The third-order valence-electron chi connectivity index (χ3n) is 3.40. The molecule has 1 aromatic carbocycles. The summed E-state index contributed by atoms with van der Waals surface area (Å²) in [5, 5.41) is 13.7. The van der Waals surface area contributed by atoms with Gasteiger partial charge in [0.05, 0.1) is 29.8 Å². The van der Waals surface area contributed by atoms with Crippen LogP contribution in [0.5, 0.6) is 0 Å². The second kappa shape index (κ2) is 6.00. The number of rotatable bonds is 4. The zero-order valence-corrected chi connectivity index (χ0v) is 12.8. The maximum absolute atomic E-state index is 12.1. The van der Waals surface area contributed by atoms with Gasteiger partial charge in [-0.15, -0.1) is 11.3 Å². The van der Waals surface area contributed by atoms with E-state index in [0.717, 1.165) is 16.2 Å². The average molecular weight is 310 g/mol. The monoisotopic (exact) mass is 310 g/mol. The molecule has 0 aliphatic heterocycles. The molecule has 0 aliphatic carbocycles. The number of benzene rings is 1. The highest BCUT2D eigenvalue weighted by atomic mass is 32.1. The Morgan fingerprint density at radius 2 is 2.23 bits per heavy atom. The summed E-state index contributed by atoms with van der Waals surface area (Å²) in [4.78, 5) is 17.4. The Kier molecular flexibility index (Phi) is 3.90. The molecule has 0 fully saturated rings. The quantitative estimate of drug-likeness (QED) is 0.805. The highest BCUT2D eigenvalue weighted by Crippen LogP contribution is 2.14. The first-order chi connectivity index (χ1) is 10.7. The summed E-state index contributed by atoms with van der Waals surface area (Å²) in [6, 6.07) is 9.19. The molecule has 0 radical (unpaired) electrons. The number of hydrogen-bond acceptors (Lipinski definition) is 4. The molecule has 0 bridgehead atoms. The number of thiazole rings is 1. The van der Waals surface area contributed by atoms with E-state index < -0.39 is 0 Å². The maximum atomic E-state index is 12.1. The van der Waals surface area contributed by atoms with Crippen LogP contribution in [0.1, 0.15) is 29.8 Å². The number of aromatic nitrogens is 2. The molecule has 110 valence electrons. The zero-order valence-electron chi connectivity index (χ0n) is 12.0. The van der Waals surface area contributed by atoms with Crippen molar-refractivity contribution in [1.29, 1.82) is 5.26 Å². The van der Waals surface area contributed by atoms with Crippen LogP contribution in [-0.2, 0) is 11.2 Å². The second-order valence-corrected chi connectivity index (χ2v) is 5.90. The Morgan fingerprint density at radius 3 is 2.91 bits per heavy atom. The number of nitriles is 1. The van der Waals surface area contributed by atoms with Crippen LogP contribution in [0, 0.1) is 11.3 Å². The lowest BCUT2D eigenvalue weighted by Crippen LogP contribution is -2.28. The third kappa shape index (κ3) is 3.00. The van der Waals surface area contributed by atoms with Crippen molar-refractivity contribution >= 4 is 22.2 Å². The number of imidazole rings is 1.